The van der Waals surface area contributed by atoms with E-state index in [1.807, 2.05) is 13.8 Å². The standard InChI is InChI=1S/C13H22N2O2/c1-4-7-15-8-5-11(6-9-15)14-12(10(2)3)13(16)17/h1,10-12,14H,5-9H2,2-3H3,(H,16,17). The smallest absolute Gasteiger partial charge is 0.320 e. The summed E-state index contributed by atoms with van der Waals surface area (Å²) in [5.41, 5.74) is 0. The van der Waals surface area contributed by atoms with Crippen molar-refractivity contribution in [3.05, 3.63) is 0 Å². The van der Waals surface area contributed by atoms with Crippen molar-refractivity contribution in [1.82, 2.24) is 10.2 Å². The molecule has 0 amide bonds. The van der Waals surface area contributed by atoms with Crippen molar-refractivity contribution in [1.29, 1.82) is 0 Å². The van der Waals surface area contributed by atoms with Crippen LogP contribution in [0, 0.1) is 18.3 Å². The van der Waals surface area contributed by atoms with Gasteiger partial charge in [-0.05, 0) is 18.8 Å². The molecule has 1 unspecified atom stereocenters. The van der Waals surface area contributed by atoms with E-state index in [-0.39, 0.29) is 5.92 Å². The Bertz CT molecular complexity index is 288. The Morgan fingerprint density at radius 3 is 2.53 bits per heavy atom. The summed E-state index contributed by atoms with van der Waals surface area (Å²) in [5.74, 6) is 1.99. The first kappa shape index (κ1) is 14.0. The molecule has 0 spiro atoms. The summed E-state index contributed by atoms with van der Waals surface area (Å²) in [7, 11) is 0. The second kappa shape index (κ2) is 6.63. The maximum absolute atomic E-state index is 11.1. The highest BCUT2D eigenvalue weighted by molar-refractivity contribution is 5.73. The molecular formula is C13H22N2O2. The minimum atomic E-state index is -0.758. The lowest BCUT2D eigenvalue weighted by Gasteiger charge is -2.33. The number of nitrogens with zero attached hydrogens (tertiary/aromatic N) is 1. The summed E-state index contributed by atoms with van der Waals surface area (Å²) in [6.45, 7) is 6.45. The molecule has 1 saturated heterocycles. The number of aliphatic carboxylic acids is 1. The molecule has 0 radical (unpaired) electrons. The van der Waals surface area contributed by atoms with Crippen LogP contribution in [0.15, 0.2) is 0 Å². The van der Waals surface area contributed by atoms with Crippen LogP contribution < -0.4 is 5.32 Å². The first-order chi connectivity index (χ1) is 8.04. The van der Waals surface area contributed by atoms with Crippen molar-refractivity contribution in [2.45, 2.75) is 38.8 Å². The van der Waals surface area contributed by atoms with Crippen LogP contribution in [0.5, 0.6) is 0 Å². The van der Waals surface area contributed by atoms with E-state index in [1.54, 1.807) is 0 Å². The molecule has 96 valence electrons. The minimum absolute atomic E-state index is 0.108. The van der Waals surface area contributed by atoms with E-state index in [0.29, 0.717) is 12.6 Å². The van der Waals surface area contributed by atoms with E-state index in [9.17, 15) is 4.79 Å². The van der Waals surface area contributed by atoms with E-state index in [0.717, 1.165) is 25.9 Å². The number of carbonyl (C=O) groups is 1. The Labute approximate surface area is 103 Å². The molecule has 1 heterocycles. The summed E-state index contributed by atoms with van der Waals surface area (Å²) < 4.78 is 0. The van der Waals surface area contributed by atoms with Crippen LogP contribution in [0.3, 0.4) is 0 Å². The number of hydrogen-bond acceptors (Lipinski definition) is 3. The van der Waals surface area contributed by atoms with E-state index in [1.165, 1.54) is 0 Å². The predicted octanol–water partition coefficient (Wildman–Crippen LogP) is 0.783. The molecule has 0 aromatic heterocycles. The van der Waals surface area contributed by atoms with Gasteiger partial charge in [0, 0.05) is 19.1 Å². The Hall–Kier alpha value is -1.05. The number of carboxylic acids is 1. The Kier molecular flexibility index (Phi) is 5.46. The van der Waals surface area contributed by atoms with Crippen LogP contribution in [-0.4, -0.2) is 47.7 Å². The number of piperidine rings is 1. The van der Waals surface area contributed by atoms with Gasteiger partial charge in [0.25, 0.3) is 0 Å². The fourth-order valence-corrected chi connectivity index (χ4v) is 2.19. The number of carboxylic acid groups (broad SMARTS) is 1. The number of nitrogens with one attached hydrogen (secondary N) is 1. The van der Waals surface area contributed by atoms with Gasteiger partial charge in [0.1, 0.15) is 6.04 Å². The average molecular weight is 238 g/mol. The SMILES string of the molecule is C#CCN1CCC(NC(C(=O)O)C(C)C)CC1. The van der Waals surface area contributed by atoms with E-state index in [4.69, 9.17) is 11.5 Å². The van der Waals surface area contributed by atoms with Crippen molar-refractivity contribution in [2.24, 2.45) is 5.92 Å². The van der Waals surface area contributed by atoms with Crippen molar-refractivity contribution in [2.75, 3.05) is 19.6 Å². The van der Waals surface area contributed by atoms with Gasteiger partial charge in [-0.2, -0.15) is 0 Å². The molecule has 0 saturated carbocycles. The van der Waals surface area contributed by atoms with Gasteiger partial charge in [-0.25, -0.2) is 0 Å². The first-order valence-corrected chi connectivity index (χ1v) is 6.19. The van der Waals surface area contributed by atoms with E-state index < -0.39 is 12.0 Å². The summed E-state index contributed by atoms with van der Waals surface area (Å²) in [6, 6.07) is -0.147. The van der Waals surface area contributed by atoms with Gasteiger partial charge in [0.15, 0.2) is 0 Å². The molecule has 1 rings (SSSR count). The van der Waals surface area contributed by atoms with E-state index >= 15 is 0 Å². The normalized spacial score (nSPS) is 20.1. The zero-order valence-corrected chi connectivity index (χ0v) is 10.6. The topological polar surface area (TPSA) is 52.6 Å². The molecule has 1 fully saturated rings. The zero-order chi connectivity index (χ0) is 12.8. The lowest BCUT2D eigenvalue weighted by atomic mass is 9.99. The highest BCUT2D eigenvalue weighted by Gasteiger charge is 2.26. The molecule has 0 aliphatic carbocycles. The molecule has 4 nitrogen and oxygen atoms in total. The number of hydrogen-bond donors (Lipinski definition) is 2. The fourth-order valence-electron chi connectivity index (χ4n) is 2.19. The largest absolute Gasteiger partial charge is 0.480 e. The molecular weight excluding hydrogens is 216 g/mol. The van der Waals surface area contributed by atoms with Crippen LogP contribution in [0.4, 0.5) is 0 Å². The molecule has 0 bridgehead atoms. The van der Waals surface area contributed by atoms with E-state index in [2.05, 4.69) is 16.1 Å². The van der Waals surface area contributed by atoms with Crippen LogP contribution in [0.25, 0.3) is 0 Å². The summed E-state index contributed by atoms with van der Waals surface area (Å²) in [5, 5.41) is 12.4. The maximum atomic E-state index is 11.1. The van der Waals surface area contributed by atoms with Crippen molar-refractivity contribution in [3.63, 3.8) is 0 Å². The number of terminal acetylenes is 1. The molecule has 1 aliphatic rings. The summed E-state index contributed by atoms with van der Waals surface area (Å²) >= 11 is 0. The highest BCUT2D eigenvalue weighted by atomic mass is 16.4. The Balaban J connectivity index is 2.39. The van der Waals surface area contributed by atoms with Gasteiger partial charge in [0.2, 0.25) is 0 Å². The van der Waals surface area contributed by atoms with Gasteiger partial charge >= 0.3 is 5.97 Å². The van der Waals surface area contributed by atoms with Crippen LogP contribution in [0.2, 0.25) is 0 Å². The van der Waals surface area contributed by atoms with Crippen LogP contribution in [-0.2, 0) is 4.79 Å². The number of likely N-dealkylation sites (tertiary alicyclic amines) is 1. The fraction of sp³-hybridized carbons (Fsp3) is 0.769. The number of rotatable bonds is 5. The maximum Gasteiger partial charge on any atom is 0.320 e. The molecule has 4 heteroatoms. The second-order valence-corrected chi connectivity index (χ2v) is 4.98. The molecule has 2 N–H and O–H groups in total. The van der Waals surface area contributed by atoms with Crippen LogP contribution in [0.1, 0.15) is 26.7 Å². The van der Waals surface area contributed by atoms with Gasteiger partial charge in [-0.15, -0.1) is 6.42 Å². The van der Waals surface area contributed by atoms with Gasteiger partial charge in [0.05, 0.1) is 6.54 Å². The average Bonchev–Trinajstić information content (AvgIpc) is 2.27. The summed E-state index contributed by atoms with van der Waals surface area (Å²) in [4.78, 5) is 13.3. The lowest BCUT2D eigenvalue weighted by Crippen LogP contribution is -2.50. The molecule has 0 aromatic rings. The first-order valence-electron chi connectivity index (χ1n) is 6.19. The van der Waals surface area contributed by atoms with Gasteiger partial charge < -0.3 is 10.4 Å². The molecule has 0 aromatic carbocycles. The summed E-state index contributed by atoms with van der Waals surface area (Å²) in [6.07, 6.45) is 7.21. The monoisotopic (exact) mass is 238 g/mol. The lowest BCUT2D eigenvalue weighted by molar-refractivity contribution is -0.141. The van der Waals surface area contributed by atoms with Crippen LogP contribution >= 0.6 is 0 Å². The molecule has 17 heavy (non-hydrogen) atoms. The molecule has 1 atom stereocenters. The van der Waals surface area contributed by atoms with Crippen molar-refractivity contribution in [3.8, 4) is 12.3 Å². The third kappa shape index (κ3) is 4.37. The second-order valence-electron chi connectivity index (χ2n) is 4.98. The van der Waals surface area contributed by atoms with Crippen molar-refractivity contribution < 1.29 is 9.90 Å². The third-order valence-electron chi connectivity index (χ3n) is 3.25. The Morgan fingerprint density at radius 2 is 2.12 bits per heavy atom. The Morgan fingerprint density at radius 1 is 1.53 bits per heavy atom. The predicted molar refractivity (Wildman–Crippen MR) is 67.7 cm³/mol. The highest BCUT2D eigenvalue weighted by Crippen LogP contribution is 2.12. The zero-order valence-electron chi connectivity index (χ0n) is 10.6. The third-order valence-corrected chi connectivity index (χ3v) is 3.25. The molecule has 1 aliphatic heterocycles. The van der Waals surface area contributed by atoms with Crippen molar-refractivity contribution >= 4 is 5.97 Å². The van der Waals surface area contributed by atoms with Gasteiger partial charge in [-0.1, -0.05) is 19.8 Å². The van der Waals surface area contributed by atoms with Gasteiger partial charge in [-0.3, -0.25) is 9.69 Å². The minimum Gasteiger partial charge on any atom is -0.480 e. The quantitative estimate of drug-likeness (QED) is 0.695.